The summed E-state index contributed by atoms with van der Waals surface area (Å²) in [5.74, 6) is -1.38. The van der Waals surface area contributed by atoms with Crippen molar-refractivity contribution in [3.05, 3.63) is 28.2 Å². The molecule has 0 aliphatic carbocycles. The Morgan fingerprint density at radius 2 is 2.06 bits per heavy atom. The van der Waals surface area contributed by atoms with Crippen molar-refractivity contribution in [2.75, 3.05) is 4.72 Å². The molecule has 0 aliphatic heterocycles. The molecular formula is C10H12BrNO4S. The summed E-state index contributed by atoms with van der Waals surface area (Å²) in [6.45, 7) is 2.85. The molecule has 1 atom stereocenters. The number of carboxylic acids is 1. The number of hydrogen-bond acceptors (Lipinski definition) is 3. The minimum atomic E-state index is -3.92. The van der Waals surface area contributed by atoms with Gasteiger partial charge in [0.15, 0.2) is 5.25 Å². The van der Waals surface area contributed by atoms with Crippen molar-refractivity contribution in [1.82, 2.24) is 0 Å². The van der Waals surface area contributed by atoms with Gasteiger partial charge in [0.25, 0.3) is 0 Å². The van der Waals surface area contributed by atoms with Crippen LogP contribution in [-0.2, 0) is 14.8 Å². The monoisotopic (exact) mass is 321 g/mol. The first-order valence-electron chi connectivity index (χ1n) is 4.74. The zero-order valence-electron chi connectivity index (χ0n) is 9.27. The van der Waals surface area contributed by atoms with Crippen molar-refractivity contribution in [3.8, 4) is 0 Å². The minimum absolute atomic E-state index is 0.368. The lowest BCUT2D eigenvalue weighted by Crippen LogP contribution is -2.32. The summed E-state index contributed by atoms with van der Waals surface area (Å²) in [5, 5.41) is 7.19. The molecule has 1 unspecified atom stereocenters. The number of carboxylic acid groups (broad SMARTS) is 1. The van der Waals surface area contributed by atoms with Gasteiger partial charge in [0.1, 0.15) is 0 Å². The Hall–Kier alpha value is -1.08. The number of aliphatic carboxylic acids is 1. The van der Waals surface area contributed by atoms with E-state index in [0.717, 1.165) is 12.5 Å². The van der Waals surface area contributed by atoms with Crippen LogP contribution in [-0.4, -0.2) is 24.7 Å². The molecule has 0 radical (unpaired) electrons. The van der Waals surface area contributed by atoms with Crippen molar-refractivity contribution >= 4 is 37.6 Å². The summed E-state index contributed by atoms with van der Waals surface area (Å²) in [7, 11) is -3.92. The molecule has 2 N–H and O–H groups in total. The number of halogens is 1. The van der Waals surface area contributed by atoms with Gasteiger partial charge in [-0.2, -0.15) is 0 Å². The van der Waals surface area contributed by atoms with Crippen LogP contribution in [0.25, 0.3) is 0 Å². The number of nitrogens with one attached hydrogen (secondary N) is 1. The van der Waals surface area contributed by atoms with E-state index in [1.54, 1.807) is 25.1 Å². The first-order chi connectivity index (χ1) is 7.74. The topological polar surface area (TPSA) is 83.5 Å². The maximum Gasteiger partial charge on any atom is 0.323 e. The van der Waals surface area contributed by atoms with Crippen LogP contribution in [0.15, 0.2) is 22.7 Å². The van der Waals surface area contributed by atoms with Gasteiger partial charge >= 0.3 is 5.97 Å². The van der Waals surface area contributed by atoms with Gasteiger partial charge in [-0.25, -0.2) is 8.42 Å². The number of aryl methyl sites for hydroxylation is 1. The van der Waals surface area contributed by atoms with Gasteiger partial charge in [-0.1, -0.05) is 22.0 Å². The highest BCUT2D eigenvalue weighted by atomic mass is 79.9. The summed E-state index contributed by atoms with van der Waals surface area (Å²) >= 11 is 3.22. The molecule has 1 rings (SSSR count). The molecule has 17 heavy (non-hydrogen) atoms. The van der Waals surface area contributed by atoms with Gasteiger partial charge in [-0.05, 0) is 31.5 Å². The standard InChI is InChI=1S/C10H12BrNO4S/c1-6-3-4-8(11)5-9(6)12-17(15,16)7(2)10(13)14/h3-5,7,12H,1-2H3,(H,13,14). The highest BCUT2D eigenvalue weighted by Crippen LogP contribution is 2.22. The average molecular weight is 322 g/mol. The number of rotatable bonds is 4. The fourth-order valence-electron chi connectivity index (χ4n) is 1.08. The zero-order valence-corrected chi connectivity index (χ0v) is 11.7. The van der Waals surface area contributed by atoms with E-state index in [2.05, 4.69) is 20.7 Å². The Balaban J connectivity index is 3.06. The van der Waals surface area contributed by atoms with E-state index >= 15 is 0 Å². The van der Waals surface area contributed by atoms with Gasteiger partial charge in [-0.15, -0.1) is 0 Å². The fraction of sp³-hybridized carbons (Fsp3) is 0.300. The van der Waals surface area contributed by atoms with Crippen LogP contribution in [0.3, 0.4) is 0 Å². The maximum atomic E-state index is 11.7. The van der Waals surface area contributed by atoms with E-state index in [1.165, 1.54) is 0 Å². The van der Waals surface area contributed by atoms with Gasteiger partial charge in [0, 0.05) is 4.47 Å². The largest absolute Gasteiger partial charge is 0.480 e. The lowest BCUT2D eigenvalue weighted by atomic mass is 10.2. The molecule has 0 aliphatic rings. The Bertz CT molecular complexity index is 541. The SMILES string of the molecule is Cc1ccc(Br)cc1NS(=O)(=O)C(C)C(=O)O. The molecule has 0 heterocycles. The van der Waals surface area contributed by atoms with Crippen molar-refractivity contribution in [2.24, 2.45) is 0 Å². The van der Waals surface area contributed by atoms with Gasteiger partial charge in [0.2, 0.25) is 10.0 Å². The number of anilines is 1. The quantitative estimate of drug-likeness (QED) is 0.888. The second-order valence-electron chi connectivity index (χ2n) is 3.59. The second kappa shape index (κ2) is 5.05. The van der Waals surface area contributed by atoms with Crippen LogP contribution < -0.4 is 4.72 Å². The molecule has 0 amide bonds. The van der Waals surface area contributed by atoms with Gasteiger partial charge < -0.3 is 5.11 Å². The summed E-state index contributed by atoms with van der Waals surface area (Å²) in [6.07, 6.45) is 0. The van der Waals surface area contributed by atoms with Crippen LogP contribution in [0.2, 0.25) is 0 Å². The first kappa shape index (κ1) is 14.0. The Morgan fingerprint density at radius 3 is 2.59 bits per heavy atom. The van der Waals surface area contributed by atoms with Crippen LogP contribution >= 0.6 is 15.9 Å². The molecule has 0 aromatic heterocycles. The van der Waals surface area contributed by atoms with Crippen LogP contribution in [0.5, 0.6) is 0 Å². The normalized spacial score (nSPS) is 13.1. The number of sulfonamides is 1. The van der Waals surface area contributed by atoms with Gasteiger partial charge in [-0.3, -0.25) is 9.52 Å². The molecule has 5 nitrogen and oxygen atoms in total. The van der Waals surface area contributed by atoms with Gasteiger partial charge in [0.05, 0.1) is 5.69 Å². The van der Waals surface area contributed by atoms with Crippen LogP contribution in [0.4, 0.5) is 5.69 Å². The highest BCUT2D eigenvalue weighted by Gasteiger charge is 2.27. The predicted octanol–water partition coefficient (Wildman–Crippen LogP) is 1.97. The van der Waals surface area contributed by atoms with E-state index in [4.69, 9.17) is 5.11 Å². The van der Waals surface area contributed by atoms with Crippen molar-refractivity contribution < 1.29 is 18.3 Å². The molecular weight excluding hydrogens is 310 g/mol. The summed E-state index contributed by atoms with van der Waals surface area (Å²) < 4.78 is 26.4. The van der Waals surface area contributed by atoms with E-state index in [1.807, 2.05) is 0 Å². The average Bonchev–Trinajstić information content (AvgIpc) is 2.21. The molecule has 94 valence electrons. The Morgan fingerprint density at radius 1 is 1.47 bits per heavy atom. The fourth-order valence-corrected chi connectivity index (χ4v) is 2.41. The summed E-state index contributed by atoms with van der Waals surface area (Å²) in [4.78, 5) is 10.7. The van der Waals surface area contributed by atoms with Crippen molar-refractivity contribution in [2.45, 2.75) is 19.1 Å². The minimum Gasteiger partial charge on any atom is -0.480 e. The number of benzene rings is 1. The first-order valence-corrected chi connectivity index (χ1v) is 7.08. The molecule has 1 aromatic carbocycles. The van der Waals surface area contributed by atoms with E-state index in [9.17, 15) is 13.2 Å². The highest BCUT2D eigenvalue weighted by molar-refractivity contribution is 9.10. The lowest BCUT2D eigenvalue weighted by Gasteiger charge is -2.13. The van der Waals surface area contributed by atoms with E-state index in [-0.39, 0.29) is 0 Å². The number of hydrogen-bond donors (Lipinski definition) is 2. The lowest BCUT2D eigenvalue weighted by molar-refractivity contribution is -0.136. The molecule has 0 spiro atoms. The summed E-state index contributed by atoms with van der Waals surface area (Å²) in [6, 6.07) is 5.09. The number of carbonyl (C=O) groups is 1. The second-order valence-corrected chi connectivity index (χ2v) is 6.50. The van der Waals surface area contributed by atoms with Crippen molar-refractivity contribution in [1.29, 1.82) is 0 Å². The molecule has 1 aromatic rings. The third kappa shape index (κ3) is 3.44. The van der Waals surface area contributed by atoms with Crippen LogP contribution in [0.1, 0.15) is 12.5 Å². The third-order valence-electron chi connectivity index (χ3n) is 2.27. The van der Waals surface area contributed by atoms with Crippen LogP contribution in [0, 0.1) is 6.92 Å². The van der Waals surface area contributed by atoms with E-state index < -0.39 is 21.2 Å². The molecule has 0 fully saturated rings. The molecule has 7 heteroatoms. The zero-order chi connectivity index (χ0) is 13.2. The molecule has 0 saturated heterocycles. The Labute approximate surface area is 108 Å². The molecule has 0 bridgehead atoms. The summed E-state index contributed by atoms with van der Waals surface area (Å²) in [5.41, 5.74) is 1.09. The molecule has 0 saturated carbocycles. The Kier molecular flexibility index (Phi) is 4.16. The smallest absolute Gasteiger partial charge is 0.323 e. The third-order valence-corrected chi connectivity index (χ3v) is 4.40. The van der Waals surface area contributed by atoms with Crippen molar-refractivity contribution in [3.63, 3.8) is 0 Å². The van der Waals surface area contributed by atoms with E-state index in [0.29, 0.717) is 10.2 Å². The maximum absolute atomic E-state index is 11.7. The predicted molar refractivity (Wildman–Crippen MR) is 68.5 cm³/mol.